The molecule has 0 aromatic carbocycles. The summed E-state index contributed by atoms with van der Waals surface area (Å²) in [7, 11) is 2.17. The van der Waals surface area contributed by atoms with Gasteiger partial charge in [-0.3, -0.25) is 0 Å². The van der Waals surface area contributed by atoms with Gasteiger partial charge in [0.25, 0.3) is 0 Å². The van der Waals surface area contributed by atoms with E-state index in [4.69, 9.17) is 0 Å². The standard InChI is InChI=1S/C15H23N3/c1-11(13-3-4-13)18(2)15-9-12(7-8-16-15)10-17-14-5-6-14/h7-9,11,13-14,17H,3-6,10H2,1-2H3. The largest absolute Gasteiger partial charge is 0.357 e. The number of hydrogen-bond acceptors (Lipinski definition) is 3. The van der Waals surface area contributed by atoms with Gasteiger partial charge in [-0.25, -0.2) is 4.98 Å². The Hall–Kier alpha value is -1.09. The quantitative estimate of drug-likeness (QED) is 0.835. The third-order valence-electron chi connectivity index (χ3n) is 4.26. The summed E-state index contributed by atoms with van der Waals surface area (Å²) in [4.78, 5) is 6.84. The zero-order valence-corrected chi connectivity index (χ0v) is 11.4. The van der Waals surface area contributed by atoms with Crippen LogP contribution in [0.1, 0.15) is 38.2 Å². The van der Waals surface area contributed by atoms with Crippen molar-refractivity contribution < 1.29 is 0 Å². The summed E-state index contributed by atoms with van der Waals surface area (Å²) < 4.78 is 0. The molecule has 3 heteroatoms. The first-order chi connectivity index (χ1) is 8.74. The van der Waals surface area contributed by atoms with Gasteiger partial charge in [-0.2, -0.15) is 0 Å². The van der Waals surface area contributed by atoms with Gasteiger partial charge >= 0.3 is 0 Å². The van der Waals surface area contributed by atoms with Crippen molar-refractivity contribution in [1.82, 2.24) is 10.3 Å². The van der Waals surface area contributed by atoms with E-state index in [0.29, 0.717) is 6.04 Å². The molecule has 3 nitrogen and oxygen atoms in total. The minimum atomic E-state index is 0.615. The normalized spacial score (nSPS) is 20.8. The zero-order valence-electron chi connectivity index (χ0n) is 11.4. The molecule has 0 saturated heterocycles. The second-order valence-electron chi connectivity index (χ2n) is 5.87. The lowest BCUT2D eigenvalue weighted by atomic mass is 10.2. The van der Waals surface area contributed by atoms with Gasteiger partial charge < -0.3 is 10.2 Å². The molecule has 2 saturated carbocycles. The average molecular weight is 245 g/mol. The second-order valence-corrected chi connectivity index (χ2v) is 5.87. The van der Waals surface area contributed by atoms with Gasteiger partial charge in [-0.1, -0.05) is 0 Å². The Bertz CT molecular complexity index is 410. The SMILES string of the molecule is CC(C1CC1)N(C)c1cc(CNC2CC2)ccn1. The van der Waals surface area contributed by atoms with Crippen LogP contribution in [0.2, 0.25) is 0 Å². The average Bonchev–Trinajstić information content (AvgIpc) is 3.28. The summed E-state index contributed by atoms with van der Waals surface area (Å²) in [5.74, 6) is 1.99. The summed E-state index contributed by atoms with van der Waals surface area (Å²) in [5, 5.41) is 3.56. The number of anilines is 1. The lowest BCUT2D eigenvalue weighted by Gasteiger charge is -2.26. The summed E-state index contributed by atoms with van der Waals surface area (Å²) >= 11 is 0. The molecule has 1 N–H and O–H groups in total. The van der Waals surface area contributed by atoms with Crippen LogP contribution in [0.3, 0.4) is 0 Å². The minimum absolute atomic E-state index is 0.615. The van der Waals surface area contributed by atoms with E-state index < -0.39 is 0 Å². The van der Waals surface area contributed by atoms with Crippen molar-refractivity contribution in [3.63, 3.8) is 0 Å². The van der Waals surface area contributed by atoms with Crippen LogP contribution in [0.15, 0.2) is 18.3 Å². The van der Waals surface area contributed by atoms with Gasteiger partial charge in [0.2, 0.25) is 0 Å². The summed E-state index contributed by atoms with van der Waals surface area (Å²) in [6, 6.07) is 5.73. The van der Waals surface area contributed by atoms with E-state index in [0.717, 1.165) is 24.3 Å². The maximum absolute atomic E-state index is 4.51. The molecule has 1 aromatic rings. The number of aromatic nitrogens is 1. The Labute approximate surface area is 110 Å². The first-order valence-electron chi connectivity index (χ1n) is 7.15. The second kappa shape index (κ2) is 4.88. The monoisotopic (exact) mass is 245 g/mol. The highest BCUT2D eigenvalue weighted by atomic mass is 15.2. The zero-order chi connectivity index (χ0) is 12.5. The maximum atomic E-state index is 4.51. The molecule has 18 heavy (non-hydrogen) atoms. The first-order valence-corrected chi connectivity index (χ1v) is 7.15. The van der Waals surface area contributed by atoms with Crippen molar-refractivity contribution in [2.45, 2.75) is 51.2 Å². The number of rotatable bonds is 6. The molecular weight excluding hydrogens is 222 g/mol. The van der Waals surface area contributed by atoms with E-state index in [9.17, 15) is 0 Å². The molecule has 1 unspecified atom stereocenters. The van der Waals surface area contributed by atoms with Gasteiger partial charge in [-0.05, 0) is 56.2 Å². The molecule has 0 radical (unpaired) electrons. The van der Waals surface area contributed by atoms with Crippen molar-refractivity contribution in [3.8, 4) is 0 Å². The summed E-state index contributed by atoms with van der Waals surface area (Å²) in [5.41, 5.74) is 1.35. The van der Waals surface area contributed by atoms with Gasteiger partial charge in [0.15, 0.2) is 0 Å². The van der Waals surface area contributed by atoms with Crippen molar-refractivity contribution in [2.75, 3.05) is 11.9 Å². The lowest BCUT2D eigenvalue weighted by molar-refractivity contribution is 0.603. The molecule has 1 heterocycles. The topological polar surface area (TPSA) is 28.2 Å². The molecule has 0 spiro atoms. The highest BCUT2D eigenvalue weighted by Gasteiger charge is 2.31. The first kappa shape index (κ1) is 12.0. The van der Waals surface area contributed by atoms with Crippen LogP contribution in [0.5, 0.6) is 0 Å². The fourth-order valence-electron chi connectivity index (χ4n) is 2.42. The molecule has 0 amide bonds. The maximum Gasteiger partial charge on any atom is 0.128 e. The molecule has 2 fully saturated rings. The predicted molar refractivity (Wildman–Crippen MR) is 74.7 cm³/mol. The van der Waals surface area contributed by atoms with Crippen LogP contribution in [0.4, 0.5) is 5.82 Å². The Balaban J connectivity index is 1.64. The van der Waals surface area contributed by atoms with E-state index in [1.165, 1.54) is 31.2 Å². The van der Waals surface area contributed by atoms with Crippen LogP contribution in [-0.2, 0) is 6.54 Å². The molecule has 1 aromatic heterocycles. The summed E-state index contributed by atoms with van der Waals surface area (Å²) in [6.45, 7) is 3.29. The third kappa shape index (κ3) is 2.83. The van der Waals surface area contributed by atoms with Gasteiger partial charge in [-0.15, -0.1) is 0 Å². The predicted octanol–water partition coefficient (Wildman–Crippen LogP) is 2.57. The van der Waals surface area contributed by atoms with Crippen molar-refractivity contribution in [2.24, 2.45) is 5.92 Å². The smallest absolute Gasteiger partial charge is 0.128 e. The van der Waals surface area contributed by atoms with Crippen LogP contribution in [0, 0.1) is 5.92 Å². The Morgan fingerprint density at radius 1 is 1.39 bits per heavy atom. The fraction of sp³-hybridized carbons (Fsp3) is 0.667. The van der Waals surface area contributed by atoms with E-state index >= 15 is 0 Å². The Morgan fingerprint density at radius 3 is 2.83 bits per heavy atom. The van der Waals surface area contributed by atoms with Crippen molar-refractivity contribution in [3.05, 3.63) is 23.9 Å². The molecule has 2 aliphatic carbocycles. The van der Waals surface area contributed by atoms with Gasteiger partial charge in [0.05, 0.1) is 0 Å². The highest BCUT2D eigenvalue weighted by molar-refractivity contribution is 5.41. The molecular formula is C15H23N3. The fourth-order valence-corrected chi connectivity index (χ4v) is 2.42. The van der Waals surface area contributed by atoms with E-state index in [-0.39, 0.29) is 0 Å². The lowest BCUT2D eigenvalue weighted by Crippen LogP contribution is -2.31. The minimum Gasteiger partial charge on any atom is -0.357 e. The molecule has 0 aliphatic heterocycles. The Kier molecular flexibility index (Phi) is 3.25. The molecule has 1 atom stereocenters. The summed E-state index contributed by atoms with van der Waals surface area (Å²) in [6.07, 6.45) is 7.39. The number of nitrogens with one attached hydrogen (secondary N) is 1. The van der Waals surface area contributed by atoms with Gasteiger partial charge in [0, 0.05) is 31.9 Å². The van der Waals surface area contributed by atoms with E-state index in [1.807, 2.05) is 6.20 Å². The van der Waals surface area contributed by atoms with Crippen LogP contribution in [0.25, 0.3) is 0 Å². The van der Waals surface area contributed by atoms with E-state index in [2.05, 4.69) is 41.3 Å². The van der Waals surface area contributed by atoms with Crippen molar-refractivity contribution in [1.29, 1.82) is 0 Å². The number of hydrogen-bond donors (Lipinski definition) is 1. The third-order valence-corrected chi connectivity index (χ3v) is 4.26. The highest BCUT2D eigenvalue weighted by Crippen LogP contribution is 2.35. The van der Waals surface area contributed by atoms with Crippen LogP contribution < -0.4 is 10.2 Å². The van der Waals surface area contributed by atoms with Crippen LogP contribution >= 0.6 is 0 Å². The Morgan fingerprint density at radius 2 is 2.17 bits per heavy atom. The van der Waals surface area contributed by atoms with E-state index in [1.54, 1.807) is 0 Å². The van der Waals surface area contributed by atoms with Crippen molar-refractivity contribution >= 4 is 5.82 Å². The molecule has 3 rings (SSSR count). The molecule has 0 bridgehead atoms. The number of pyridine rings is 1. The molecule has 98 valence electrons. The number of nitrogens with zero attached hydrogens (tertiary/aromatic N) is 2. The van der Waals surface area contributed by atoms with Crippen LogP contribution in [-0.4, -0.2) is 24.1 Å². The van der Waals surface area contributed by atoms with Gasteiger partial charge in [0.1, 0.15) is 5.82 Å². The molecule has 2 aliphatic rings.